The van der Waals surface area contributed by atoms with Crippen molar-refractivity contribution in [2.24, 2.45) is 13.0 Å². The Balaban J connectivity index is 2.22. The van der Waals surface area contributed by atoms with Crippen molar-refractivity contribution in [3.63, 3.8) is 0 Å². The van der Waals surface area contributed by atoms with Crippen LogP contribution in [-0.2, 0) is 13.6 Å². The number of nitro groups is 1. The average Bonchev–Trinajstić information content (AvgIpc) is 3.20. The number of hydrogen-bond donors (Lipinski definition) is 1. The molecule has 0 amide bonds. The van der Waals surface area contributed by atoms with Crippen molar-refractivity contribution < 1.29 is 4.92 Å². The largest absolute Gasteiger partial charge is 0.350 e. The number of aromatic nitrogens is 2. The minimum atomic E-state index is -0.837. The zero-order valence-electron chi connectivity index (χ0n) is 11.5. The van der Waals surface area contributed by atoms with Gasteiger partial charge in [0.1, 0.15) is 0 Å². The molecule has 0 aromatic carbocycles. The molecule has 1 unspecified atom stereocenters. The highest BCUT2D eigenvalue weighted by atomic mass is 16.6. The highest BCUT2D eigenvalue weighted by Crippen LogP contribution is 2.18. The van der Waals surface area contributed by atoms with Gasteiger partial charge in [0.25, 0.3) is 0 Å². The number of nitrogens with zero attached hydrogens (tertiary/aromatic N) is 3. The fourth-order valence-electron chi connectivity index (χ4n) is 2.03. The van der Waals surface area contributed by atoms with Crippen LogP contribution >= 0.6 is 0 Å². The summed E-state index contributed by atoms with van der Waals surface area (Å²) in [6, 6.07) is 0.544. The molecule has 1 aliphatic rings. The van der Waals surface area contributed by atoms with Crippen molar-refractivity contribution in [2.75, 3.05) is 6.54 Å². The lowest BCUT2D eigenvalue weighted by atomic mass is 10.2. The van der Waals surface area contributed by atoms with Crippen molar-refractivity contribution in [2.45, 2.75) is 32.4 Å². The van der Waals surface area contributed by atoms with Gasteiger partial charge < -0.3 is 5.32 Å². The van der Waals surface area contributed by atoms with Gasteiger partial charge in [-0.05, 0) is 25.3 Å². The topological polar surface area (TPSA) is 99.2 Å². The molecule has 8 heteroatoms. The fourth-order valence-corrected chi connectivity index (χ4v) is 2.03. The minimum Gasteiger partial charge on any atom is -0.314 e. The van der Waals surface area contributed by atoms with E-state index in [9.17, 15) is 19.7 Å². The molecule has 1 fully saturated rings. The summed E-state index contributed by atoms with van der Waals surface area (Å²) in [7, 11) is 1.40. The molecule has 0 aliphatic heterocycles. The van der Waals surface area contributed by atoms with Crippen LogP contribution < -0.4 is 16.6 Å². The lowest BCUT2D eigenvalue weighted by molar-refractivity contribution is -0.387. The van der Waals surface area contributed by atoms with E-state index in [1.165, 1.54) is 7.05 Å². The molecular weight excluding hydrogens is 264 g/mol. The summed E-state index contributed by atoms with van der Waals surface area (Å²) >= 11 is 0. The van der Waals surface area contributed by atoms with Crippen molar-refractivity contribution in [1.82, 2.24) is 14.5 Å². The van der Waals surface area contributed by atoms with E-state index in [0.717, 1.165) is 28.2 Å². The number of hydrogen-bond acceptors (Lipinski definition) is 5. The summed E-state index contributed by atoms with van der Waals surface area (Å²) in [4.78, 5) is 33.9. The second-order valence-corrected chi connectivity index (χ2v) is 5.37. The van der Waals surface area contributed by atoms with E-state index in [0.29, 0.717) is 12.6 Å². The summed E-state index contributed by atoms with van der Waals surface area (Å²) in [5.41, 5.74) is -1.94. The van der Waals surface area contributed by atoms with E-state index in [2.05, 4.69) is 5.32 Å². The monoisotopic (exact) mass is 282 g/mol. The first kappa shape index (κ1) is 14.4. The van der Waals surface area contributed by atoms with Crippen LogP contribution in [0.2, 0.25) is 0 Å². The second-order valence-electron chi connectivity index (χ2n) is 5.37. The van der Waals surface area contributed by atoms with Crippen LogP contribution in [0.25, 0.3) is 0 Å². The Hall–Kier alpha value is -1.96. The molecule has 2 rings (SSSR count). The van der Waals surface area contributed by atoms with Crippen molar-refractivity contribution >= 4 is 5.69 Å². The Bertz CT molecular complexity index is 629. The molecular formula is C12H18N4O4. The maximum Gasteiger partial charge on any atom is 0.350 e. The lowest BCUT2D eigenvalue weighted by Gasteiger charge is -2.14. The van der Waals surface area contributed by atoms with Gasteiger partial charge in [0, 0.05) is 19.6 Å². The maximum atomic E-state index is 12.0. The van der Waals surface area contributed by atoms with Crippen LogP contribution in [0.5, 0.6) is 0 Å². The van der Waals surface area contributed by atoms with Crippen LogP contribution in [0, 0.1) is 16.0 Å². The SMILES string of the molecule is CC(CNC1CC1)Cn1c(=O)c([N+](=O)[O-])cn(C)c1=O. The molecule has 0 saturated heterocycles. The second kappa shape index (κ2) is 5.58. The number of aryl methyl sites for hydroxylation is 1. The highest BCUT2D eigenvalue weighted by molar-refractivity contribution is 5.21. The molecule has 0 radical (unpaired) electrons. The molecule has 1 atom stereocenters. The normalized spacial score (nSPS) is 16.1. The molecule has 110 valence electrons. The summed E-state index contributed by atoms with van der Waals surface area (Å²) in [5.74, 6) is 0.0444. The van der Waals surface area contributed by atoms with E-state index in [1.54, 1.807) is 0 Å². The molecule has 1 heterocycles. The lowest BCUT2D eigenvalue weighted by Crippen LogP contribution is -2.42. The van der Waals surface area contributed by atoms with Gasteiger partial charge in [-0.2, -0.15) is 0 Å². The van der Waals surface area contributed by atoms with E-state index in [4.69, 9.17) is 0 Å². The molecule has 8 nitrogen and oxygen atoms in total. The van der Waals surface area contributed by atoms with Gasteiger partial charge in [0.2, 0.25) is 0 Å². The standard InChI is InChI=1S/C12H18N4O4/c1-8(5-13-9-3-4-9)6-15-11(17)10(16(19)20)7-14(2)12(15)18/h7-9,13H,3-6H2,1-2H3. The Morgan fingerprint density at radius 3 is 2.70 bits per heavy atom. The van der Waals surface area contributed by atoms with Crippen molar-refractivity contribution in [3.05, 3.63) is 37.1 Å². The van der Waals surface area contributed by atoms with Crippen LogP contribution in [0.1, 0.15) is 19.8 Å². The summed E-state index contributed by atoms with van der Waals surface area (Å²) in [6.07, 6.45) is 3.28. The molecule has 1 saturated carbocycles. The van der Waals surface area contributed by atoms with Gasteiger partial charge in [-0.1, -0.05) is 6.92 Å². The van der Waals surface area contributed by atoms with Crippen molar-refractivity contribution in [1.29, 1.82) is 0 Å². The van der Waals surface area contributed by atoms with Gasteiger partial charge in [0.05, 0.1) is 11.1 Å². The zero-order valence-corrected chi connectivity index (χ0v) is 11.5. The van der Waals surface area contributed by atoms with Gasteiger partial charge in [-0.25, -0.2) is 4.79 Å². The zero-order chi connectivity index (χ0) is 14.9. The first-order chi connectivity index (χ1) is 9.40. The van der Waals surface area contributed by atoms with Crippen LogP contribution in [0.15, 0.2) is 15.8 Å². The van der Waals surface area contributed by atoms with Gasteiger partial charge in [-0.15, -0.1) is 0 Å². The van der Waals surface area contributed by atoms with E-state index in [1.807, 2.05) is 6.92 Å². The first-order valence-corrected chi connectivity index (χ1v) is 6.58. The molecule has 0 spiro atoms. The highest BCUT2D eigenvalue weighted by Gasteiger charge is 2.23. The third kappa shape index (κ3) is 3.13. The van der Waals surface area contributed by atoms with Crippen LogP contribution in [-0.4, -0.2) is 26.6 Å². The summed E-state index contributed by atoms with van der Waals surface area (Å²) < 4.78 is 2.01. The summed E-state index contributed by atoms with van der Waals surface area (Å²) in [5, 5.41) is 14.1. The predicted octanol–water partition coefficient (Wildman–Crippen LogP) is -0.157. The predicted molar refractivity (Wildman–Crippen MR) is 72.8 cm³/mol. The van der Waals surface area contributed by atoms with Crippen LogP contribution in [0.4, 0.5) is 5.69 Å². The molecule has 1 aromatic heterocycles. The Morgan fingerprint density at radius 2 is 2.15 bits per heavy atom. The smallest absolute Gasteiger partial charge is 0.314 e. The Labute approximate surface area is 115 Å². The average molecular weight is 282 g/mol. The quantitative estimate of drug-likeness (QED) is 0.577. The van der Waals surface area contributed by atoms with E-state index in [-0.39, 0.29) is 12.5 Å². The Morgan fingerprint density at radius 1 is 1.50 bits per heavy atom. The van der Waals surface area contributed by atoms with E-state index < -0.39 is 21.9 Å². The van der Waals surface area contributed by atoms with E-state index >= 15 is 0 Å². The fraction of sp³-hybridized carbons (Fsp3) is 0.667. The number of nitrogens with one attached hydrogen (secondary N) is 1. The minimum absolute atomic E-state index is 0.0444. The molecule has 0 bridgehead atoms. The van der Waals surface area contributed by atoms with Gasteiger partial charge >= 0.3 is 16.9 Å². The third-order valence-electron chi connectivity index (χ3n) is 3.34. The first-order valence-electron chi connectivity index (χ1n) is 6.58. The number of rotatable bonds is 6. The molecule has 1 N–H and O–H groups in total. The van der Waals surface area contributed by atoms with Crippen LogP contribution in [0.3, 0.4) is 0 Å². The molecule has 20 heavy (non-hydrogen) atoms. The van der Waals surface area contributed by atoms with Gasteiger partial charge in [-0.3, -0.25) is 24.0 Å². The Kier molecular flexibility index (Phi) is 4.03. The van der Waals surface area contributed by atoms with Crippen molar-refractivity contribution in [3.8, 4) is 0 Å². The van der Waals surface area contributed by atoms with Gasteiger partial charge in [0.15, 0.2) is 0 Å². The third-order valence-corrected chi connectivity index (χ3v) is 3.34. The molecule has 1 aliphatic carbocycles. The summed E-state index contributed by atoms with van der Waals surface area (Å²) in [6.45, 7) is 2.76. The molecule has 1 aromatic rings. The maximum absolute atomic E-state index is 12.0.